The number of aliphatic hydroxyl groups is 1. The first kappa shape index (κ1) is 17.7. The number of hydrogen-bond acceptors (Lipinski definition) is 2. The zero-order chi connectivity index (χ0) is 17.2. The van der Waals surface area contributed by atoms with Gasteiger partial charge in [0.2, 0.25) is 0 Å². The SMILES string of the molecule is C[C@H](O)CC(C)(C)CNC(=O)N[C@@H]1C[C@@H]1c1ccc(F)cc1F. The van der Waals surface area contributed by atoms with Gasteiger partial charge in [0.05, 0.1) is 6.10 Å². The highest BCUT2D eigenvalue weighted by Crippen LogP contribution is 2.41. The number of carbonyl (C=O) groups is 1. The Morgan fingerprint density at radius 2 is 2.13 bits per heavy atom. The summed E-state index contributed by atoms with van der Waals surface area (Å²) in [6, 6.07) is 3.09. The Kier molecular flexibility index (Phi) is 5.24. The van der Waals surface area contributed by atoms with Crippen molar-refractivity contribution in [3.05, 3.63) is 35.4 Å². The molecule has 0 unspecified atom stereocenters. The number of hydrogen-bond donors (Lipinski definition) is 3. The van der Waals surface area contributed by atoms with Crippen LogP contribution in [0.4, 0.5) is 13.6 Å². The van der Waals surface area contributed by atoms with E-state index >= 15 is 0 Å². The topological polar surface area (TPSA) is 61.4 Å². The third kappa shape index (κ3) is 5.16. The molecule has 23 heavy (non-hydrogen) atoms. The molecular weight excluding hydrogens is 302 g/mol. The minimum atomic E-state index is -0.602. The molecule has 0 aliphatic heterocycles. The fraction of sp³-hybridized carbons (Fsp3) is 0.588. The van der Waals surface area contributed by atoms with Crippen LogP contribution in [0.15, 0.2) is 18.2 Å². The van der Waals surface area contributed by atoms with Crippen LogP contribution in [0.1, 0.15) is 45.1 Å². The summed E-state index contributed by atoms with van der Waals surface area (Å²) in [4.78, 5) is 11.9. The quantitative estimate of drug-likeness (QED) is 0.753. The molecule has 1 aliphatic rings. The Hall–Kier alpha value is -1.69. The van der Waals surface area contributed by atoms with Gasteiger partial charge in [-0.1, -0.05) is 19.9 Å². The number of nitrogens with one attached hydrogen (secondary N) is 2. The van der Waals surface area contributed by atoms with Crippen molar-refractivity contribution in [3.8, 4) is 0 Å². The second-order valence-corrected chi connectivity index (χ2v) is 7.16. The zero-order valence-electron chi connectivity index (χ0n) is 13.7. The molecule has 0 spiro atoms. The Labute approximate surface area is 135 Å². The first-order valence-electron chi connectivity index (χ1n) is 7.85. The van der Waals surface area contributed by atoms with E-state index in [0.717, 1.165) is 6.07 Å². The van der Waals surface area contributed by atoms with Crippen molar-refractivity contribution in [1.29, 1.82) is 0 Å². The monoisotopic (exact) mass is 326 g/mol. The van der Waals surface area contributed by atoms with Crippen LogP contribution < -0.4 is 10.6 Å². The van der Waals surface area contributed by atoms with Gasteiger partial charge in [0, 0.05) is 24.6 Å². The number of carbonyl (C=O) groups excluding carboxylic acids is 1. The molecular formula is C17H24F2N2O2. The lowest BCUT2D eigenvalue weighted by Crippen LogP contribution is -2.42. The molecule has 3 N–H and O–H groups in total. The fourth-order valence-corrected chi connectivity index (χ4v) is 2.91. The number of halogens is 2. The molecule has 4 nitrogen and oxygen atoms in total. The molecule has 1 aliphatic carbocycles. The van der Waals surface area contributed by atoms with Crippen LogP contribution in [-0.4, -0.2) is 29.8 Å². The maximum atomic E-state index is 13.7. The van der Waals surface area contributed by atoms with Crippen LogP contribution in [0.2, 0.25) is 0 Å². The van der Waals surface area contributed by atoms with E-state index in [0.29, 0.717) is 24.9 Å². The average Bonchev–Trinajstić information content (AvgIpc) is 3.14. The van der Waals surface area contributed by atoms with Crippen molar-refractivity contribution >= 4 is 6.03 Å². The summed E-state index contributed by atoms with van der Waals surface area (Å²) >= 11 is 0. The minimum absolute atomic E-state index is 0.105. The van der Waals surface area contributed by atoms with E-state index in [9.17, 15) is 18.7 Å². The van der Waals surface area contributed by atoms with Crippen LogP contribution in [0.3, 0.4) is 0 Å². The molecule has 3 atom stereocenters. The summed E-state index contributed by atoms with van der Waals surface area (Å²) in [6.07, 6.45) is 0.803. The van der Waals surface area contributed by atoms with Crippen molar-refractivity contribution in [3.63, 3.8) is 0 Å². The maximum absolute atomic E-state index is 13.7. The third-order valence-electron chi connectivity index (χ3n) is 4.04. The van der Waals surface area contributed by atoms with Crippen LogP contribution in [0, 0.1) is 17.0 Å². The van der Waals surface area contributed by atoms with Gasteiger partial charge >= 0.3 is 6.03 Å². The summed E-state index contributed by atoms with van der Waals surface area (Å²) in [5.41, 5.74) is 0.225. The highest BCUT2D eigenvalue weighted by atomic mass is 19.1. The molecule has 1 aromatic carbocycles. The number of benzene rings is 1. The highest BCUT2D eigenvalue weighted by molar-refractivity contribution is 5.75. The van der Waals surface area contributed by atoms with Crippen molar-refractivity contribution in [2.75, 3.05) is 6.54 Å². The van der Waals surface area contributed by atoms with Crippen LogP contribution in [-0.2, 0) is 0 Å². The Morgan fingerprint density at radius 1 is 1.43 bits per heavy atom. The molecule has 1 fully saturated rings. The summed E-state index contributed by atoms with van der Waals surface area (Å²) in [7, 11) is 0. The van der Waals surface area contributed by atoms with Gasteiger partial charge in [-0.2, -0.15) is 0 Å². The smallest absolute Gasteiger partial charge is 0.315 e. The largest absolute Gasteiger partial charge is 0.393 e. The first-order chi connectivity index (χ1) is 10.7. The van der Waals surface area contributed by atoms with E-state index in [2.05, 4.69) is 10.6 Å². The number of rotatable bonds is 6. The van der Waals surface area contributed by atoms with Crippen molar-refractivity contribution in [1.82, 2.24) is 10.6 Å². The Bertz CT molecular complexity index is 576. The lowest BCUT2D eigenvalue weighted by Gasteiger charge is -2.26. The predicted octanol–water partition coefficient (Wildman–Crippen LogP) is 2.92. The van der Waals surface area contributed by atoms with E-state index in [1.54, 1.807) is 6.92 Å². The summed E-state index contributed by atoms with van der Waals surface area (Å²) in [6.45, 7) is 6.08. The van der Waals surface area contributed by atoms with Gasteiger partial charge in [0.25, 0.3) is 0 Å². The molecule has 128 valence electrons. The fourth-order valence-electron chi connectivity index (χ4n) is 2.91. The van der Waals surface area contributed by atoms with Gasteiger partial charge in [0.1, 0.15) is 11.6 Å². The lowest BCUT2D eigenvalue weighted by atomic mass is 9.87. The van der Waals surface area contributed by atoms with Gasteiger partial charge in [0.15, 0.2) is 0 Å². The van der Waals surface area contributed by atoms with Crippen molar-refractivity contribution in [2.24, 2.45) is 5.41 Å². The van der Waals surface area contributed by atoms with Gasteiger partial charge in [-0.25, -0.2) is 13.6 Å². The summed E-state index contributed by atoms with van der Waals surface area (Å²) in [5, 5.41) is 15.0. The third-order valence-corrected chi connectivity index (χ3v) is 4.04. The Morgan fingerprint density at radius 3 is 2.74 bits per heavy atom. The maximum Gasteiger partial charge on any atom is 0.315 e. The predicted molar refractivity (Wildman–Crippen MR) is 84.1 cm³/mol. The zero-order valence-corrected chi connectivity index (χ0v) is 13.7. The Balaban J connectivity index is 1.79. The number of aliphatic hydroxyl groups excluding tert-OH is 1. The molecule has 0 aromatic heterocycles. The van der Waals surface area contributed by atoms with Crippen LogP contribution >= 0.6 is 0 Å². The van der Waals surface area contributed by atoms with E-state index in [-0.39, 0.29) is 23.4 Å². The normalized spacial score (nSPS) is 21.7. The van der Waals surface area contributed by atoms with E-state index in [1.807, 2.05) is 13.8 Å². The molecule has 1 aromatic rings. The molecule has 1 saturated carbocycles. The second-order valence-electron chi connectivity index (χ2n) is 7.16. The summed E-state index contributed by atoms with van der Waals surface area (Å²) in [5.74, 6) is -1.28. The van der Waals surface area contributed by atoms with E-state index < -0.39 is 17.7 Å². The van der Waals surface area contributed by atoms with Crippen LogP contribution in [0.5, 0.6) is 0 Å². The molecule has 0 bridgehead atoms. The molecule has 2 amide bonds. The van der Waals surface area contributed by atoms with E-state index in [1.165, 1.54) is 12.1 Å². The molecule has 0 radical (unpaired) electrons. The molecule has 0 saturated heterocycles. The van der Waals surface area contributed by atoms with Gasteiger partial charge in [-0.05, 0) is 36.8 Å². The lowest BCUT2D eigenvalue weighted by molar-refractivity contribution is 0.129. The average molecular weight is 326 g/mol. The molecule has 0 heterocycles. The van der Waals surface area contributed by atoms with Crippen molar-refractivity contribution in [2.45, 2.75) is 51.7 Å². The highest BCUT2D eigenvalue weighted by Gasteiger charge is 2.41. The second kappa shape index (κ2) is 6.83. The van der Waals surface area contributed by atoms with Gasteiger partial charge in [-0.3, -0.25) is 0 Å². The van der Waals surface area contributed by atoms with Crippen molar-refractivity contribution < 1.29 is 18.7 Å². The standard InChI is InChI=1S/C17H24F2N2O2/c1-10(22)8-17(2,3)9-20-16(23)21-15-7-13(15)12-5-4-11(18)6-14(12)19/h4-6,10,13,15,22H,7-9H2,1-3H3,(H2,20,21,23)/t10-,13+,15+/m0/s1. The van der Waals surface area contributed by atoms with Gasteiger partial charge < -0.3 is 15.7 Å². The number of amides is 2. The molecule has 2 rings (SSSR count). The summed E-state index contributed by atoms with van der Waals surface area (Å²) < 4.78 is 26.6. The van der Waals surface area contributed by atoms with Gasteiger partial charge in [-0.15, -0.1) is 0 Å². The number of urea groups is 1. The minimum Gasteiger partial charge on any atom is -0.393 e. The first-order valence-corrected chi connectivity index (χ1v) is 7.85. The molecule has 6 heteroatoms. The van der Waals surface area contributed by atoms with E-state index in [4.69, 9.17) is 0 Å². The van der Waals surface area contributed by atoms with Crippen LogP contribution in [0.25, 0.3) is 0 Å².